The summed E-state index contributed by atoms with van der Waals surface area (Å²) >= 11 is 1.47. The maximum absolute atomic E-state index is 13.9. The van der Waals surface area contributed by atoms with Gasteiger partial charge in [-0.15, -0.1) is 11.8 Å². The number of ether oxygens (including phenoxy) is 3. The molecule has 0 unspecified atom stereocenters. The summed E-state index contributed by atoms with van der Waals surface area (Å²) in [5.41, 5.74) is 0.260. The van der Waals surface area contributed by atoms with Crippen LogP contribution in [0.1, 0.15) is 6.92 Å². The fraction of sp³-hybridized carbons (Fsp3) is 0.321. The van der Waals surface area contributed by atoms with Crippen LogP contribution in [0.5, 0.6) is 11.5 Å². The van der Waals surface area contributed by atoms with E-state index in [2.05, 4.69) is 5.32 Å². The van der Waals surface area contributed by atoms with Crippen molar-refractivity contribution in [1.29, 1.82) is 0 Å². The van der Waals surface area contributed by atoms with Crippen molar-refractivity contribution in [2.75, 3.05) is 62.4 Å². The lowest BCUT2D eigenvalue weighted by Crippen LogP contribution is -2.40. The summed E-state index contributed by atoms with van der Waals surface area (Å²) in [6.07, 6.45) is 1.88. The van der Waals surface area contributed by atoms with Gasteiger partial charge in [-0.1, -0.05) is 12.1 Å². The average Bonchev–Trinajstić information content (AvgIpc) is 3.00. The molecule has 11 nitrogen and oxygen atoms in total. The van der Waals surface area contributed by atoms with Gasteiger partial charge in [-0.25, -0.2) is 16.8 Å². The Morgan fingerprint density at radius 1 is 0.976 bits per heavy atom. The number of benzene rings is 3. The second-order valence-electron chi connectivity index (χ2n) is 9.01. The van der Waals surface area contributed by atoms with Crippen LogP contribution in [0.2, 0.25) is 0 Å². The van der Waals surface area contributed by atoms with Gasteiger partial charge in [-0.05, 0) is 67.8 Å². The zero-order valence-electron chi connectivity index (χ0n) is 23.5. The second kappa shape index (κ2) is 13.8. The smallest absolute Gasteiger partial charge is 0.264 e. The van der Waals surface area contributed by atoms with Gasteiger partial charge in [-0.2, -0.15) is 4.31 Å². The van der Waals surface area contributed by atoms with Crippen molar-refractivity contribution in [2.45, 2.75) is 21.6 Å². The van der Waals surface area contributed by atoms with Gasteiger partial charge in [0.2, 0.25) is 15.9 Å². The van der Waals surface area contributed by atoms with Crippen LogP contribution in [-0.4, -0.2) is 79.9 Å². The fourth-order valence-corrected chi connectivity index (χ4v) is 7.59. The van der Waals surface area contributed by atoms with Gasteiger partial charge >= 0.3 is 0 Å². The van der Waals surface area contributed by atoms with Gasteiger partial charge in [0.15, 0.2) is 0 Å². The molecule has 3 aromatic carbocycles. The molecular weight excluding hydrogens is 603 g/mol. The molecule has 1 aliphatic rings. The minimum absolute atomic E-state index is 0.00409. The number of methoxy groups -OCH3 is 1. The first kappa shape index (κ1) is 31.6. The van der Waals surface area contributed by atoms with E-state index in [0.717, 1.165) is 9.20 Å². The van der Waals surface area contributed by atoms with Gasteiger partial charge in [0.05, 0.1) is 48.1 Å². The molecule has 42 heavy (non-hydrogen) atoms. The number of nitrogens with one attached hydrogen (secondary N) is 1. The third-order valence-corrected chi connectivity index (χ3v) is 10.8. The van der Waals surface area contributed by atoms with Crippen molar-refractivity contribution < 1.29 is 35.8 Å². The highest BCUT2D eigenvalue weighted by atomic mass is 32.2. The topological polar surface area (TPSA) is 132 Å². The van der Waals surface area contributed by atoms with Crippen LogP contribution in [0.3, 0.4) is 0 Å². The predicted octanol–water partition coefficient (Wildman–Crippen LogP) is 3.67. The molecule has 0 spiro atoms. The Morgan fingerprint density at radius 2 is 1.64 bits per heavy atom. The van der Waals surface area contributed by atoms with E-state index >= 15 is 0 Å². The summed E-state index contributed by atoms with van der Waals surface area (Å²) in [7, 11) is -6.71. The van der Waals surface area contributed by atoms with Crippen LogP contribution >= 0.6 is 11.8 Å². The quantitative estimate of drug-likeness (QED) is 0.296. The van der Waals surface area contributed by atoms with E-state index in [-0.39, 0.29) is 65.6 Å². The molecular formula is C28H33N3O8S3. The zero-order chi connectivity index (χ0) is 30.3. The lowest BCUT2D eigenvalue weighted by molar-refractivity contribution is -0.114. The van der Waals surface area contributed by atoms with E-state index in [1.54, 1.807) is 43.3 Å². The van der Waals surface area contributed by atoms with E-state index in [0.29, 0.717) is 0 Å². The third kappa shape index (κ3) is 7.01. The number of carbonyl (C=O) groups excluding carboxylic acids is 1. The van der Waals surface area contributed by atoms with Crippen LogP contribution in [0, 0.1) is 0 Å². The van der Waals surface area contributed by atoms with Gasteiger partial charge in [0.1, 0.15) is 18.0 Å². The number of thioether (sulfide) groups is 1. The number of anilines is 2. The Bertz CT molecular complexity index is 1610. The Labute approximate surface area is 250 Å². The van der Waals surface area contributed by atoms with E-state index in [9.17, 15) is 21.6 Å². The number of rotatable bonds is 12. The summed E-state index contributed by atoms with van der Waals surface area (Å²) in [4.78, 5) is 14.3. The van der Waals surface area contributed by atoms with Crippen molar-refractivity contribution in [3.05, 3.63) is 66.7 Å². The van der Waals surface area contributed by atoms with Crippen molar-refractivity contribution in [2.24, 2.45) is 0 Å². The highest BCUT2D eigenvalue weighted by Gasteiger charge is 2.31. The Morgan fingerprint density at radius 3 is 2.29 bits per heavy atom. The Balaban J connectivity index is 1.69. The molecule has 226 valence electrons. The van der Waals surface area contributed by atoms with Gasteiger partial charge < -0.3 is 19.5 Å². The number of hydrogen-bond acceptors (Lipinski definition) is 9. The summed E-state index contributed by atoms with van der Waals surface area (Å²) in [6, 6.07) is 17.0. The normalized spacial score (nSPS) is 14.3. The maximum atomic E-state index is 13.9. The third-order valence-electron chi connectivity index (χ3n) is 6.42. The minimum atomic E-state index is -4.23. The first-order valence-electron chi connectivity index (χ1n) is 13.1. The lowest BCUT2D eigenvalue weighted by Gasteiger charge is -2.27. The van der Waals surface area contributed by atoms with Crippen molar-refractivity contribution in [3.8, 4) is 11.5 Å². The highest BCUT2D eigenvalue weighted by Crippen LogP contribution is 2.34. The minimum Gasteiger partial charge on any atom is -0.495 e. The number of nitrogens with zero attached hydrogens (tertiary/aromatic N) is 2. The molecule has 0 atom stereocenters. The van der Waals surface area contributed by atoms with Crippen molar-refractivity contribution in [1.82, 2.24) is 4.31 Å². The van der Waals surface area contributed by atoms with E-state index in [1.165, 1.54) is 53.5 Å². The molecule has 3 aromatic rings. The van der Waals surface area contributed by atoms with Crippen LogP contribution in [0.4, 0.5) is 11.4 Å². The molecule has 1 N–H and O–H groups in total. The maximum Gasteiger partial charge on any atom is 0.264 e. The number of para-hydroxylation sites is 2. The summed E-state index contributed by atoms with van der Waals surface area (Å²) < 4.78 is 72.9. The summed E-state index contributed by atoms with van der Waals surface area (Å²) in [6.45, 7) is 2.41. The molecule has 1 saturated heterocycles. The molecule has 1 heterocycles. The monoisotopic (exact) mass is 635 g/mol. The van der Waals surface area contributed by atoms with E-state index in [1.807, 2.05) is 6.26 Å². The number of carbonyl (C=O) groups is 1. The lowest BCUT2D eigenvalue weighted by atomic mass is 10.2. The number of amides is 1. The molecule has 0 saturated carbocycles. The molecule has 14 heteroatoms. The molecule has 0 bridgehead atoms. The van der Waals surface area contributed by atoms with Crippen molar-refractivity contribution in [3.63, 3.8) is 0 Å². The number of sulfonamides is 2. The highest BCUT2D eigenvalue weighted by molar-refractivity contribution is 7.98. The Hall–Kier alpha value is -3.30. The first-order chi connectivity index (χ1) is 20.1. The Kier molecular flexibility index (Phi) is 10.4. The number of hydrogen-bond donors (Lipinski definition) is 1. The summed E-state index contributed by atoms with van der Waals surface area (Å²) in [5, 5.41) is 2.65. The van der Waals surface area contributed by atoms with Crippen molar-refractivity contribution >= 4 is 49.1 Å². The molecule has 0 aromatic heterocycles. The largest absolute Gasteiger partial charge is 0.495 e. The molecule has 1 aliphatic heterocycles. The van der Waals surface area contributed by atoms with Crippen LogP contribution in [0.25, 0.3) is 0 Å². The molecule has 0 radical (unpaired) electrons. The van der Waals surface area contributed by atoms with Gasteiger partial charge in [0.25, 0.3) is 10.0 Å². The van der Waals surface area contributed by atoms with Crippen LogP contribution in [-0.2, 0) is 29.6 Å². The molecule has 1 fully saturated rings. The van der Waals surface area contributed by atoms with Gasteiger partial charge in [-0.3, -0.25) is 9.10 Å². The average molecular weight is 636 g/mol. The SMILES string of the molecule is CCOc1ccccc1N(CC(=O)Nc1cc(S(=O)(=O)N2CCOCC2)ccc1OC)S(=O)(=O)c1ccc(SC)cc1. The predicted molar refractivity (Wildman–Crippen MR) is 162 cm³/mol. The molecule has 0 aliphatic carbocycles. The molecule has 1 amide bonds. The van der Waals surface area contributed by atoms with E-state index in [4.69, 9.17) is 14.2 Å². The number of morpholine rings is 1. The second-order valence-corrected chi connectivity index (χ2v) is 13.7. The summed E-state index contributed by atoms with van der Waals surface area (Å²) in [5.74, 6) is -0.223. The molecule has 4 rings (SSSR count). The fourth-order valence-electron chi connectivity index (χ4n) is 4.32. The first-order valence-corrected chi connectivity index (χ1v) is 17.2. The van der Waals surface area contributed by atoms with Crippen LogP contribution < -0.4 is 19.1 Å². The standard InChI is InChI=1S/C28H33N3O8S3/c1-4-39-27-8-6-5-7-25(27)31(42(35,36)22-11-9-21(40-3)10-12-22)20-28(32)29-24-19-23(13-14-26(24)37-2)41(33,34)30-15-17-38-18-16-30/h5-14,19H,4,15-18,20H2,1-3H3,(H,29,32). The van der Waals surface area contributed by atoms with Crippen LogP contribution in [0.15, 0.2) is 81.4 Å². The van der Waals surface area contributed by atoms with Gasteiger partial charge in [0, 0.05) is 18.0 Å². The van der Waals surface area contributed by atoms with E-state index < -0.39 is 32.5 Å². The zero-order valence-corrected chi connectivity index (χ0v) is 25.9.